The monoisotopic (exact) mass is 322 g/mol. The molecule has 3 N–H and O–H groups in total. The Morgan fingerprint density at radius 3 is 2.70 bits per heavy atom. The number of hydrogen-bond donors (Lipinski definition) is 3. The van der Waals surface area contributed by atoms with Gasteiger partial charge in [0, 0.05) is 30.4 Å². The van der Waals surface area contributed by atoms with Gasteiger partial charge in [-0.05, 0) is 46.5 Å². The largest absolute Gasteiger partial charge is 0.444 e. The highest BCUT2D eigenvalue weighted by Gasteiger charge is 2.26. The van der Waals surface area contributed by atoms with Crippen molar-refractivity contribution in [3.05, 3.63) is 17.5 Å². The lowest BCUT2D eigenvalue weighted by Gasteiger charge is -2.26. The molecule has 1 amide bonds. The number of rotatable bonds is 6. The molecule has 6 nitrogen and oxygen atoms in total. The number of aryl methyl sites for hydroxylation is 1. The molecular formula is C17H30N4O2. The number of ether oxygens (including phenoxy) is 1. The van der Waals surface area contributed by atoms with Crippen LogP contribution in [-0.2, 0) is 11.3 Å². The molecule has 1 fully saturated rings. The Hall–Kier alpha value is -1.56. The average molecular weight is 322 g/mol. The lowest BCUT2D eigenvalue weighted by Crippen LogP contribution is -2.45. The van der Waals surface area contributed by atoms with Crippen LogP contribution in [0.15, 0.2) is 6.20 Å². The molecule has 0 spiro atoms. The predicted molar refractivity (Wildman–Crippen MR) is 90.1 cm³/mol. The van der Waals surface area contributed by atoms with Gasteiger partial charge in [-0.3, -0.25) is 5.10 Å². The van der Waals surface area contributed by atoms with Crippen LogP contribution in [0.1, 0.15) is 57.7 Å². The Morgan fingerprint density at radius 2 is 2.13 bits per heavy atom. The normalized spacial score (nSPS) is 17.2. The highest BCUT2D eigenvalue weighted by atomic mass is 16.6. The fourth-order valence-corrected chi connectivity index (χ4v) is 3.07. The quantitative estimate of drug-likeness (QED) is 0.752. The molecule has 0 saturated heterocycles. The summed E-state index contributed by atoms with van der Waals surface area (Å²) in [6.45, 7) is 9.01. The van der Waals surface area contributed by atoms with Crippen molar-refractivity contribution in [3.8, 4) is 0 Å². The highest BCUT2D eigenvalue weighted by molar-refractivity contribution is 5.67. The lowest BCUT2D eigenvalue weighted by molar-refractivity contribution is 0.0518. The number of carbonyl (C=O) groups excluding carboxylic acids is 1. The molecule has 1 aliphatic carbocycles. The number of nitrogens with one attached hydrogen (secondary N) is 3. The standard InChI is InChI=1S/C17H30N4O2/c1-12-14(10-20-21-12)9-18-15(13-7-5-6-8-13)11-19-16(22)23-17(2,3)4/h10,13,15,18H,5-9,11H2,1-4H3,(H,19,22)(H,20,21). The van der Waals surface area contributed by atoms with Gasteiger partial charge in [0.2, 0.25) is 0 Å². The zero-order valence-electron chi connectivity index (χ0n) is 14.7. The van der Waals surface area contributed by atoms with E-state index in [-0.39, 0.29) is 12.1 Å². The van der Waals surface area contributed by atoms with Crippen LogP contribution in [0.3, 0.4) is 0 Å². The van der Waals surface area contributed by atoms with Gasteiger partial charge < -0.3 is 15.4 Å². The number of alkyl carbamates (subject to hydrolysis) is 1. The molecule has 1 aromatic heterocycles. The first-order valence-corrected chi connectivity index (χ1v) is 8.54. The average Bonchev–Trinajstić information content (AvgIpc) is 3.09. The van der Waals surface area contributed by atoms with Crippen LogP contribution >= 0.6 is 0 Å². The molecule has 0 aromatic carbocycles. The summed E-state index contributed by atoms with van der Waals surface area (Å²) < 4.78 is 5.33. The molecule has 1 saturated carbocycles. The summed E-state index contributed by atoms with van der Waals surface area (Å²) in [7, 11) is 0. The van der Waals surface area contributed by atoms with Crippen LogP contribution in [0, 0.1) is 12.8 Å². The van der Waals surface area contributed by atoms with Crippen molar-refractivity contribution >= 4 is 6.09 Å². The maximum absolute atomic E-state index is 11.9. The predicted octanol–water partition coefficient (Wildman–Crippen LogP) is 2.89. The number of aromatic nitrogens is 2. The van der Waals surface area contributed by atoms with E-state index in [9.17, 15) is 4.79 Å². The zero-order chi connectivity index (χ0) is 16.9. The molecule has 0 radical (unpaired) electrons. The summed E-state index contributed by atoms with van der Waals surface area (Å²) in [5, 5.41) is 13.5. The third-order valence-electron chi connectivity index (χ3n) is 4.32. The Labute approximate surface area is 138 Å². The van der Waals surface area contributed by atoms with Gasteiger partial charge in [-0.1, -0.05) is 12.8 Å². The van der Waals surface area contributed by atoms with Crippen LogP contribution in [0.25, 0.3) is 0 Å². The zero-order valence-corrected chi connectivity index (χ0v) is 14.7. The van der Waals surface area contributed by atoms with Crippen LogP contribution in [-0.4, -0.2) is 34.5 Å². The van der Waals surface area contributed by atoms with Crippen molar-refractivity contribution in [2.24, 2.45) is 5.92 Å². The Kier molecular flexibility index (Phi) is 6.04. The fraction of sp³-hybridized carbons (Fsp3) is 0.765. The summed E-state index contributed by atoms with van der Waals surface area (Å²) in [5.74, 6) is 0.608. The third kappa shape index (κ3) is 5.86. The van der Waals surface area contributed by atoms with E-state index in [0.717, 1.165) is 12.2 Å². The van der Waals surface area contributed by atoms with Crippen molar-refractivity contribution in [1.29, 1.82) is 0 Å². The van der Waals surface area contributed by atoms with E-state index in [1.54, 1.807) is 0 Å². The maximum Gasteiger partial charge on any atom is 0.407 e. The fourth-order valence-electron chi connectivity index (χ4n) is 3.07. The van der Waals surface area contributed by atoms with Crippen molar-refractivity contribution in [2.75, 3.05) is 6.54 Å². The number of nitrogens with zero attached hydrogens (tertiary/aromatic N) is 1. The summed E-state index contributed by atoms with van der Waals surface area (Å²) in [4.78, 5) is 11.9. The molecule has 1 unspecified atom stereocenters. The van der Waals surface area contributed by atoms with Crippen molar-refractivity contribution in [1.82, 2.24) is 20.8 Å². The van der Waals surface area contributed by atoms with Gasteiger partial charge in [-0.25, -0.2) is 4.79 Å². The minimum absolute atomic E-state index is 0.263. The summed E-state index contributed by atoms with van der Waals surface area (Å²) >= 11 is 0. The van der Waals surface area contributed by atoms with Crippen molar-refractivity contribution < 1.29 is 9.53 Å². The minimum atomic E-state index is -0.464. The molecule has 2 rings (SSSR count). The van der Waals surface area contributed by atoms with E-state index >= 15 is 0 Å². The van der Waals surface area contributed by atoms with E-state index in [4.69, 9.17) is 4.74 Å². The smallest absolute Gasteiger partial charge is 0.407 e. The molecule has 6 heteroatoms. The molecule has 1 aromatic rings. The number of carbonyl (C=O) groups is 1. The number of H-pyrrole nitrogens is 1. The molecular weight excluding hydrogens is 292 g/mol. The summed E-state index contributed by atoms with van der Waals surface area (Å²) in [5.41, 5.74) is 1.79. The number of amides is 1. The molecule has 1 atom stereocenters. The maximum atomic E-state index is 11.9. The Morgan fingerprint density at radius 1 is 1.43 bits per heavy atom. The molecule has 130 valence electrons. The molecule has 1 heterocycles. The first kappa shape index (κ1) is 17.8. The van der Waals surface area contributed by atoms with Gasteiger partial charge in [-0.15, -0.1) is 0 Å². The molecule has 0 bridgehead atoms. The van der Waals surface area contributed by atoms with Crippen LogP contribution in [0.5, 0.6) is 0 Å². The van der Waals surface area contributed by atoms with E-state index in [2.05, 4.69) is 20.8 Å². The van der Waals surface area contributed by atoms with Crippen LogP contribution in [0.2, 0.25) is 0 Å². The molecule has 23 heavy (non-hydrogen) atoms. The van der Waals surface area contributed by atoms with Crippen LogP contribution < -0.4 is 10.6 Å². The van der Waals surface area contributed by atoms with Crippen LogP contribution in [0.4, 0.5) is 4.79 Å². The van der Waals surface area contributed by atoms with Crippen molar-refractivity contribution in [3.63, 3.8) is 0 Å². The van der Waals surface area contributed by atoms with Gasteiger partial charge >= 0.3 is 6.09 Å². The second-order valence-corrected chi connectivity index (χ2v) is 7.43. The Bertz CT molecular complexity index is 501. The highest BCUT2D eigenvalue weighted by Crippen LogP contribution is 2.27. The number of hydrogen-bond acceptors (Lipinski definition) is 4. The van der Waals surface area contributed by atoms with E-state index in [1.807, 2.05) is 33.9 Å². The molecule has 0 aliphatic heterocycles. The van der Waals surface area contributed by atoms with Gasteiger partial charge in [-0.2, -0.15) is 5.10 Å². The van der Waals surface area contributed by atoms with Gasteiger partial charge in [0.25, 0.3) is 0 Å². The van der Waals surface area contributed by atoms with Gasteiger partial charge in [0.05, 0.1) is 6.20 Å². The van der Waals surface area contributed by atoms with Gasteiger partial charge in [0.15, 0.2) is 0 Å². The topological polar surface area (TPSA) is 79.0 Å². The second-order valence-electron chi connectivity index (χ2n) is 7.43. The first-order chi connectivity index (χ1) is 10.8. The summed E-state index contributed by atoms with van der Waals surface area (Å²) in [6, 6.07) is 0.263. The van der Waals surface area contributed by atoms with Gasteiger partial charge in [0.1, 0.15) is 5.60 Å². The minimum Gasteiger partial charge on any atom is -0.444 e. The first-order valence-electron chi connectivity index (χ1n) is 8.54. The number of aromatic amines is 1. The Balaban J connectivity index is 1.87. The lowest BCUT2D eigenvalue weighted by atomic mass is 9.97. The summed E-state index contributed by atoms with van der Waals surface area (Å²) in [6.07, 6.45) is 6.51. The third-order valence-corrected chi connectivity index (χ3v) is 4.32. The van der Waals surface area contributed by atoms with E-state index < -0.39 is 5.60 Å². The van der Waals surface area contributed by atoms with E-state index in [1.165, 1.54) is 31.2 Å². The van der Waals surface area contributed by atoms with E-state index in [0.29, 0.717) is 12.5 Å². The molecule has 1 aliphatic rings. The van der Waals surface area contributed by atoms with Crippen molar-refractivity contribution in [2.45, 2.75) is 71.6 Å². The second kappa shape index (κ2) is 7.81. The SMILES string of the molecule is Cc1[nH]ncc1CNC(CNC(=O)OC(C)(C)C)C1CCCC1.